The molecule has 1 aromatic carbocycles. The Bertz CT molecular complexity index is 549. The summed E-state index contributed by atoms with van der Waals surface area (Å²) in [5, 5.41) is 11.1. The van der Waals surface area contributed by atoms with Crippen LogP contribution in [0.25, 0.3) is 6.08 Å². The number of nitrogens with zero attached hydrogens (tertiary/aromatic N) is 1. The highest BCUT2D eigenvalue weighted by atomic mass is 79.9. The molecular weight excluding hydrogens is 342 g/mol. The molecule has 0 aliphatic carbocycles. The van der Waals surface area contributed by atoms with Crippen LogP contribution in [0.1, 0.15) is 18.4 Å². The van der Waals surface area contributed by atoms with Gasteiger partial charge in [-0.15, -0.1) is 0 Å². The number of aliphatic hydroxyl groups is 1. The van der Waals surface area contributed by atoms with Crippen LogP contribution in [0.2, 0.25) is 5.02 Å². The smallest absolute Gasteiger partial charge is 0.140 e. The fourth-order valence-electron chi connectivity index (χ4n) is 3.14. The van der Waals surface area contributed by atoms with Crippen LogP contribution in [0.5, 0.6) is 5.75 Å². The molecule has 3 fully saturated rings. The number of piperidine rings is 3. The van der Waals surface area contributed by atoms with Crippen molar-refractivity contribution in [2.24, 2.45) is 5.92 Å². The number of halogens is 2. The van der Waals surface area contributed by atoms with Crippen molar-refractivity contribution in [3.63, 3.8) is 0 Å². The molecule has 3 saturated heterocycles. The van der Waals surface area contributed by atoms with Gasteiger partial charge in [0.15, 0.2) is 0 Å². The third-order valence-corrected chi connectivity index (χ3v) is 5.01. The molecule has 1 unspecified atom stereocenters. The Labute approximate surface area is 132 Å². The Hall–Kier alpha value is -0.710. The summed E-state index contributed by atoms with van der Waals surface area (Å²) in [6, 6.07) is 3.68. The number of methoxy groups -OCH3 is 1. The van der Waals surface area contributed by atoms with Gasteiger partial charge < -0.3 is 14.7 Å². The minimum Gasteiger partial charge on any atom is -0.495 e. The number of aliphatic hydroxyl groups excluding tert-OH is 1. The second kappa shape index (κ2) is 5.58. The standard InChI is InChI=1S/C15H17BrClNO2/c1-20-15-10(6-11(17)8-12(15)16)7-13-14(19)9-2-4-18(13)5-3-9/h6-9,14,19H,2-5H2,1H3/b13-7+. The maximum absolute atomic E-state index is 10.4. The molecule has 0 amide bonds. The van der Waals surface area contributed by atoms with Gasteiger partial charge in [0.2, 0.25) is 0 Å². The van der Waals surface area contributed by atoms with Crippen LogP contribution in [0, 0.1) is 5.92 Å². The molecule has 108 valence electrons. The molecular formula is C15H17BrClNO2. The zero-order chi connectivity index (χ0) is 14.3. The monoisotopic (exact) mass is 357 g/mol. The van der Waals surface area contributed by atoms with Gasteiger partial charge >= 0.3 is 0 Å². The number of ether oxygens (including phenoxy) is 1. The molecule has 5 heteroatoms. The number of hydrogen-bond acceptors (Lipinski definition) is 3. The van der Waals surface area contributed by atoms with E-state index in [1.165, 1.54) is 0 Å². The van der Waals surface area contributed by atoms with E-state index in [2.05, 4.69) is 20.8 Å². The summed E-state index contributed by atoms with van der Waals surface area (Å²) in [6.45, 7) is 2.05. The number of benzene rings is 1. The van der Waals surface area contributed by atoms with Gasteiger partial charge in [-0.3, -0.25) is 0 Å². The van der Waals surface area contributed by atoms with Crippen LogP contribution in [0.4, 0.5) is 0 Å². The maximum Gasteiger partial charge on any atom is 0.140 e. The summed E-state index contributed by atoms with van der Waals surface area (Å²) in [5.74, 6) is 1.14. The minimum atomic E-state index is -0.375. The molecule has 2 bridgehead atoms. The molecule has 4 rings (SSSR count). The van der Waals surface area contributed by atoms with Crippen molar-refractivity contribution >= 4 is 33.6 Å². The van der Waals surface area contributed by atoms with E-state index in [0.29, 0.717) is 10.9 Å². The molecule has 1 aromatic rings. The zero-order valence-corrected chi connectivity index (χ0v) is 13.6. The van der Waals surface area contributed by atoms with E-state index in [4.69, 9.17) is 16.3 Å². The molecule has 1 atom stereocenters. The lowest BCUT2D eigenvalue weighted by Crippen LogP contribution is -2.48. The van der Waals surface area contributed by atoms with Crippen molar-refractivity contribution in [2.75, 3.05) is 20.2 Å². The summed E-state index contributed by atoms with van der Waals surface area (Å²) in [6.07, 6.45) is 3.79. The minimum absolute atomic E-state index is 0.375. The Morgan fingerprint density at radius 1 is 1.40 bits per heavy atom. The normalized spacial score (nSPS) is 27.2. The molecule has 3 nitrogen and oxygen atoms in total. The third-order valence-electron chi connectivity index (χ3n) is 4.20. The van der Waals surface area contributed by atoms with Crippen molar-refractivity contribution in [1.82, 2.24) is 4.90 Å². The molecule has 0 aromatic heterocycles. The zero-order valence-electron chi connectivity index (χ0n) is 11.3. The molecule has 0 spiro atoms. The molecule has 1 N–H and O–H groups in total. The Kier molecular flexibility index (Phi) is 3.98. The molecule has 3 heterocycles. The maximum atomic E-state index is 10.4. The van der Waals surface area contributed by atoms with Crippen LogP contribution < -0.4 is 4.74 Å². The highest BCUT2D eigenvalue weighted by Crippen LogP contribution is 2.39. The molecule has 0 saturated carbocycles. The molecule has 3 aliphatic rings. The average Bonchev–Trinajstić information content (AvgIpc) is 2.43. The highest BCUT2D eigenvalue weighted by Gasteiger charge is 2.36. The van der Waals surface area contributed by atoms with E-state index in [0.717, 1.165) is 47.4 Å². The van der Waals surface area contributed by atoms with Crippen molar-refractivity contribution in [2.45, 2.75) is 18.9 Å². The summed E-state index contributed by atoms with van der Waals surface area (Å²) in [4.78, 5) is 2.26. The van der Waals surface area contributed by atoms with Crippen LogP contribution in [-0.2, 0) is 0 Å². The lowest BCUT2D eigenvalue weighted by molar-refractivity contribution is 0.0215. The van der Waals surface area contributed by atoms with Gasteiger partial charge in [0.1, 0.15) is 5.75 Å². The number of rotatable bonds is 2. The van der Waals surface area contributed by atoms with Crippen molar-refractivity contribution in [3.05, 3.63) is 32.9 Å². The number of fused-ring (bicyclic) bond motifs is 3. The second-order valence-corrected chi connectivity index (χ2v) is 6.64. The van der Waals surface area contributed by atoms with E-state index in [1.54, 1.807) is 7.11 Å². The predicted molar refractivity (Wildman–Crippen MR) is 84.0 cm³/mol. The Morgan fingerprint density at radius 2 is 2.10 bits per heavy atom. The summed E-state index contributed by atoms with van der Waals surface area (Å²) in [5.41, 5.74) is 1.88. The Morgan fingerprint density at radius 3 is 2.70 bits per heavy atom. The quantitative estimate of drug-likeness (QED) is 0.878. The van der Waals surface area contributed by atoms with E-state index in [-0.39, 0.29) is 6.10 Å². The van der Waals surface area contributed by atoms with Crippen molar-refractivity contribution in [1.29, 1.82) is 0 Å². The van der Waals surface area contributed by atoms with Crippen molar-refractivity contribution in [3.8, 4) is 5.75 Å². The fraction of sp³-hybridized carbons (Fsp3) is 0.467. The largest absolute Gasteiger partial charge is 0.495 e. The van der Waals surface area contributed by atoms with Gasteiger partial charge in [-0.2, -0.15) is 0 Å². The lowest BCUT2D eigenvalue weighted by Gasteiger charge is -2.46. The topological polar surface area (TPSA) is 32.7 Å². The van der Waals surface area contributed by atoms with Gasteiger partial charge in [0.05, 0.1) is 17.7 Å². The van der Waals surface area contributed by atoms with Gasteiger partial charge in [0, 0.05) is 29.4 Å². The molecule has 20 heavy (non-hydrogen) atoms. The summed E-state index contributed by atoms with van der Waals surface area (Å²) >= 11 is 9.59. The average molecular weight is 359 g/mol. The van der Waals surface area contributed by atoms with Crippen LogP contribution in [0.15, 0.2) is 22.3 Å². The van der Waals surface area contributed by atoms with Gasteiger partial charge in [-0.05, 0) is 52.9 Å². The van der Waals surface area contributed by atoms with Crippen molar-refractivity contribution < 1.29 is 9.84 Å². The van der Waals surface area contributed by atoms with E-state index in [1.807, 2.05) is 18.2 Å². The number of hydrogen-bond donors (Lipinski definition) is 1. The molecule has 0 radical (unpaired) electrons. The van der Waals surface area contributed by atoms with Gasteiger partial charge in [-0.1, -0.05) is 11.6 Å². The second-order valence-electron chi connectivity index (χ2n) is 5.35. The summed E-state index contributed by atoms with van der Waals surface area (Å²) in [7, 11) is 1.64. The van der Waals surface area contributed by atoms with Crippen LogP contribution in [-0.4, -0.2) is 36.3 Å². The van der Waals surface area contributed by atoms with E-state index >= 15 is 0 Å². The lowest BCUT2D eigenvalue weighted by atomic mass is 9.83. The first kappa shape index (κ1) is 14.2. The van der Waals surface area contributed by atoms with E-state index < -0.39 is 0 Å². The predicted octanol–water partition coefficient (Wildman–Crippen LogP) is 3.54. The van der Waals surface area contributed by atoms with E-state index in [9.17, 15) is 5.11 Å². The summed E-state index contributed by atoms with van der Waals surface area (Å²) < 4.78 is 6.26. The third kappa shape index (κ3) is 2.45. The highest BCUT2D eigenvalue weighted by molar-refractivity contribution is 9.10. The Balaban J connectivity index is 2.03. The van der Waals surface area contributed by atoms with Crippen LogP contribution in [0.3, 0.4) is 0 Å². The fourth-order valence-corrected chi connectivity index (χ4v) is 4.14. The van der Waals surface area contributed by atoms with Gasteiger partial charge in [0.25, 0.3) is 0 Å². The first-order valence-corrected chi connectivity index (χ1v) is 7.95. The molecule has 3 aliphatic heterocycles. The first-order chi connectivity index (χ1) is 9.60. The van der Waals surface area contributed by atoms with Crippen LogP contribution >= 0.6 is 27.5 Å². The SMILES string of the molecule is COc1c(Br)cc(Cl)cc1/C=C1\C(O)C2CCN1CC2. The van der Waals surface area contributed by atoms with Gasteiger partial charge in [-0.25, -0.2) is 0 Å². The first-order valence-electron chi connectivity index (χ1n) is 6.78.